The SMILES string of the molecule is COC(C)C(O)N1CCOCC1. The van der Waals surface area contributed by atoms with Gasteiger partial charge in [-0.05, 0) is 6.92 Å². The van der Waals surface area contributed by atoms with Crippen LogP contribution in [0.3, 0.4) is 0 Å². The minimum absolute atomic E-state index is 0.136. The molecule has 1 saturated heterocycles. The molecule has 2 unspecified atom stereocenters. The van der Waals surface area contributed by atoms with Crippen molar-refractivity contribution in [3.63, 3.8) is 0 Å². The van der Waals surface area contributed by atoms with E-state index in [0.717, 1.165) is 13.1 Å². The summed E-state index contributed by atoms with van der Waals surface area (Å²) >= 11 is 0. The van der Waals surface area contributed by atoms with Crippen LogP contribution in [0.4, 0.5) is 0 Å². The lowest BCUT2D eigenvalue weighted by Gasteiger charge is -2.33. The van der Waals surface area contributed by atoms with Crippen molar-refractivity contribution in [1.82, 2.24) is 4.90 Å². The average molecular weight is 175 g/mol. The number of aliphatic hydroxyl groups excluding tert-OH is 1. The van der Waals surface area contributed by atoms with E-state index in [1.165, 1.54) is 0 Å². The van der Waals surface area contributed by atoms with Crippen molar-refractivity contribution < 1.29 is 14.6 Å². The van der Waals surface area contributed by atoms with E-state index in [4.69, 9.17) is 9.47 Å². The molecule has 0 aromatic carbocycles. The lowest BCUT2D eigenvalue weighted by atomic mass is 10.3. The molecule has 12 heavy (non-hydrogen) atoms. The van der Waals surface area contributed by atoms with E-state index >= 15 is 0 Å². The highest BCUT2D eigenvalue weighted by atomic mass is 16.5. The van der Waals surface area contributed by atoms with Gasteiger partial charge < -0.3 is 14.6 Å². The fourth-order valence-corrected chi connectivity index (χ4v) is 1.26. The Labute approximate surface area is 73.1 Å². The number of hydrogen-bond donors (Lipinski definition) is 1. The van der Waals surface area contributed by atoms with Crippen LogP contribution in [0.25, 0.3) is 0 Å². The van der Waals surface area contributed by atoms with Gasteiger partial charge in [-0.3, -0.25) is 4.90 Å². The zero-order valence-corrected chi connectivity index (χ0v) is 7.69. The Morgan fingerprint density at radius 1 is 1.42 bits per heavy atom. The molecule has 0 amide bonds. The van der Waals surface area contributed by atoms with Gasteiger partial charge in [0.15, 0.2) is 0 Å². The molecule has 1 fully saturated rings. The third-order valence-corrected chi connectivity index (χ3v) is 2.21. The van der Waals surface area contributed by atoms with E-state index in [1.807, 2.05) is 11.8 Å². The molecule has 2 atom stereocenters. The number of hydrogen-bond acceptors (Lipinski definition) is 4. The lowest BCUT2D eigenvalue weighted by Crippen LogP contribution is -2.48. The highest BCUT2D eigenvalue weighted by Crippen LogP contribution is 2.06. The summed E-state index contributed by atoms with van der Waals surface area (Å²) in [6, 6.07) is 0. The van der Waals surface area contributed by atoms with Crippen molar-refractivity contribution in [2.24, 2.45) is 0 Å². The summed E-state index contributed by atoms with van der Waals surface area (Å²) in [6.45, 7) is 4.84. The molecular formula is C8H17NO3. The molecule has 0 aromatic heterocycles. The van der Waals surface area contributed by atoms with Gasteiger partial charge in [0.1, 0.15) is 6.23 Å². The number of ether oxygens (including phenoxy) is 2. The van der Waals surface area contributed by atoms with Crippen molar-refractivity contribution in [1.29, 1.82) is 0 Å². The molecule has 0 bridgehead atoms. The second-order valence-corrected chi connectivity index (χ2v) is 3.00. The Kier molecular flexibility index (Phi) is 3.94. The molecule has 1 N–H and O–H groups in total. The molecule has 1 heterocycles. The molecule has 4 nitrogen and oxygen atoms in total. The molecule has 0 spiro atoms. The first-order valence-electron chi connectivity index (χ1n) is 4.28. The van der Waals surface area contributed by atoms with Gasteiger partial charge in [0.25, 0.3) is 0 Å². The molecule has 0 aliphatic carbocycles. The molecule has 0 aromatic rings. The molecular weight excluding hydrogens is 158 g/mol. The van der Waals surface area contributed by atoms with Gasteiger partial charge in [-0.2, -0.15) is 0 Å². The third kappa shape index (κ3) is 2.42. The number of rotatable bonds is 3. The molecule has 0 saturated carbocycles. The monoisotopic (exact) mass is 175 g/mol. The summed E-state index contributed by atoms with van der Waals surface area (Å²) < 4.78 is 10.2. The summed E-state index contributed by atoms with van der Waals surface area (Å²) in [7, 11) is 1.61. The maximum atomic E-state index is 9.69. The molecule has 0 radical (unpaired) electrons. The molecule has 1 aliphatic heterocycles. The third-order valence-electron chi connectivity index (χ3n) is 2.21. The molecule has 1 rings (SSSR count). The van der Waals surface area contributed by atoms with Gasteiger partial charge in [0.05, 0.1) is 19.3 Å². The number of nitrogens with zero attached hydrogens (tertiary/aromatic N) is 1. The smallest absolute Gasteiger partial charge is 0.133 e. The van der Waals surface area contributed by atoms with Crippen molar-refractivity contribution in [2.45, 2.75) is 19.3 Å². The van der Waals surface area contributed by atoms with Gasteiger partial charge in [-0.15, -0.1) is 0 Å². The second-order valence-electron chi connectivity index (χ2n) is 3.00. The zero-order chi connectivity index (χ0) is 8.97. The van der Waals surface area contributed by atoms with E-state index < -0.39 is 6.23 Å². The van der Waals surface area contributed by atoms with Crippen LogP contribution in [0, 0.1) is 0 Å². The van der Waals surface area contributed by atoms with Crippen LogP contribution in [0.15, 0.2) is 0 Å². The summed E-state index contributed by atoms with van der Waals surface area (Å²) in [5.74, 6) is 0. The van der Waals surface area contributed by atoms with Crippen molar-refractivity contribution >= 4 is 0 Å². The molecule has 4 heteroatoms. The van der Waals surface area contributed by atoms with Crippen molar-refractivity contribution in [3.8, 4) is 0 Å². The highest BCUT2D eigenvalue weighted by molar-refractivity contribution is 4.69. The maximum Gasteiger partial charge on any atom is 0.133 e. The van der Waals surface area contributed by atoms with Crippen LogP contribution in [-0.2, 0) is 9.47 Å². The van der Waals surface area contributed by atoms with Crippen molar-refractivity contribution in [2.75, 3.05) is 33.4 Å². The van der Waals surface area contributed by atoms with E-state index in [2.05, 4.69) is 0 Å². The summed E-state index contributed by atoms with van der Waals surface area (Å²) in [5.41, 5.74) is 0. The zero-order valence-electron chi connectivity index (χ0n) is 7.69. The van der Waals surface area contributed by atoms with Crippen LogP contribution < -0.4 is 0 Å². The Morgan fingerprint density at radius 2 is 2.00 bits per heavy atom. The van der Waals surface area contributed by atoms with Gasteiger partial charge in [-0.1, -0.05) is 0 Å². The van der Waals surface area contributed by atoms with Gasteiger partial charge >= 0.3 is 0 Å². The second kappa shape index (κ2) is 4.77. The maximum absolute atomic E-state index is 9.69. The standard InChI is InChI=1S/C8H17NO3/c1-7(11-2)8(10)9-3-5-12-6-4-9/h7-8,10H,3-6H2,1-2H3. The summed E-state index contributed by atoms with van der Waals surface area (Å²) in [4.78, 5) is 1.97. The fraction of sp³-hybridized carbons (Fsp3) is 1.00. The van der Waals surface area contributed by atoms with Crippen LogP contribution in [0.1, 0.15) is 6.92 Å². The van der Waals surface area contributed by atoms with Crippen LogP contribution in [0.5, 0.6) is 0 Å². The van der Waals surface area contributed by atoms with Crippen LogP contribution >= 0.6 is 0 Å². The highest BCUT2D eigenvalue weighted by Gasteiger charge is 2.23. The minimum atomic E-state index is -0.501. The van der Waals surface area contributed by atoms with E-state index in [9.17, 15) is 5.11 Å². The van der Waals surface area contributed by atoms with Crippen LogP contribution in [0.2, 0.25) is 0 Å². The number of morpholine rings is 1. The van der Waals surface area contributed by atoms with Gasteiger partial charge in [0.2, 0.25) is 0 Å². The molecule has 72 valence electrons. The van der Waals surface area contributed by atoms with E-state index in [-0.39, 0.29) is 6.10 Å². The Hall–Kier alpha value is -0.160. The van der Waals surface area contributed by atoms with Gasteiger partial charge in [0, 0.05) is 20.2 Å². The normalized spacial score (nSPS) is 25.2. The van der Waals surface area contributed by atoms with Crippen LogP contribution in [-0.4, -0.2) is 55.8 Å². The summed E-state index contributed by atoms with van der Waals surface area (Å²) in [5, 5.41) is 9.69. The molecule has 1 aliphatic rings. The lowest BCUT2D eigenvalue weighted by molar-refractivity contribution is -0.118. The summed E-state index contributed by atoms with van der Waals surface area (Å²) in [6.07, 6.45) is -0.637. The van der Waals surface area contributed by atoms with E-state index in [0.29, 0.717) is 13.2 Å². The number of methoxy groups -OCH3 is 1. The number of aliphatic hydroxyl groups is 1. The average Bonchev–Trinajstić information content (AvgIpc) is 2.17. The van der Waals surface area contributed by atoms with E-state index in [1.54, 1.807) is 7.11 Å². The first-order chi connectivity index (χ1) is 5.75. The topological polar surface area (TPSA) is 41.9 Å². The quantitative estimate of drug-likeness (QED) is 0.638. The Balaban J connectivity index is 2.33. The largest absolute Gasteiger partial charge is 0.379 e. The minimum Gasteiger partial charge on any atom is -0.379 e. The first-order valence-corrected chi connectivity index (χ1v) is 4.28. The predicted octanol–water partition coefficient (Wildman–Crippen LogP) is -0.328. The van der Waals surface area contributed by atoms with Gasteiger partial charge in [-0.25, -0.2) is 0 Å². The Bertz CT molecular complexity index is 125. The predicted molar refractivity (Wildman–Crippen MR) is 44.9 cm³/mol. The Morgan fingerprint density at radius 3 is 2.50 bits per heavy atom. The first kappa shape index (κ1) is 9.92. The fourth-order valence-electron chi connectivity index (χ4n) is 1.26. The van der Waals surface area contributed by atoms with Crippen molar-refractivity contribution in [3.05, 3.63) is 0 Å².